The minimum absolute atomic E-state index is 0.0589. The molecule has 0 bridgehead atoms. The number of para-hydroxylation sites is 1. The minimum atomic E-state index is -0.602. The summed E-state index contributed by atoms with van der Waals surface area (Å²) in [5.41, 5.74) is 2.41. The normalized spacial score (nSPS) is 15.8. The number of carbonyl (C=O) groups is 3. The van der Waals surface area contributed by atoms with Gasteiger partial charge in [-0.2, -0.15) is 0 Å². The molecule has 1 aliphatic rings. The molecule has 3 rings (SSSR count). The van der Waals surface area contributed by atoms with E-state index in [1.54, 1.807) is 29.2 Å². The van der Waals surface area contributed by atoms with E-state index in [4.69, 9.17) is 9.47 Å². The van der Waals surface area contributed by atoms with Crippen LogP contribution in [-0.2, 0) is 25.5 Å². The lowest BCUT2D eigenvalue weighted by Crippen LogP contribution is -2.28. The Morgan fingerprint density at radius 1 is 1.13 bits per heavy atom. The molecule has 1 aliphatic heterocycles. The molecule has 1 N–H and O–H groups in total. The number of carbonyl (C=O) groups excluding carboxylic acids is 3. The van der Waals surface area contributed by atoms with Crippen molar-refractivity contribution >= 4 is 29.2 Å². The van der Waals surface area contributed by atoms with Crippen LogP contribution in [0.2, 0.25) is 0 Å². The second-order valence-electron chi connectivity index (χ2n) is 7.73. The molecule has 164 valence electrons. The Hall–Kier alpha value is -3.35. The van der Waals surface area contributed by atoms with Crippen molar-refractivity contribution in [3.63, 3.8) is 0 Å². The Bertz CT molecular complexity index is 939. The first-order valence-electron chi connectivity index (χ1n) is 10.5. The van der Waals surface area contributed by atoms with Crippen LogP contribution >= 0.6 is 0 Å². The molecule has 7 nitrogen and oxygen atoms in total. The topological polar surface area (TPSA) is 84.9 Å². The first-order valence-corrected chi connectivity index (χ1v) is 10.5. The number of rotatable bonds is 8. The quantitative estimate of drug-likeness (QED) is 0.655. The maximum Gasteiger partial charge on any atom is 0.311 e. The predicted molar refractivity (Wildman–Crippen MR) is 118 cm³/mol. The van der Waals surface area contributed by atoms with Gasteiger partial charge in [0.15, 0.2) is 6.61 Å². The Balaban J connectivity index is 1.52. The monoisotopic (exact) mass is 424 g/mol. The highest BCUT2D eigenvalue weighted by atomic mass is 16.5. The molecule has 1 heterocycles. The van der Waals surface area contributed by atoms with Gasteiger partial charge in [-0.15, -0.1) is 0 Å². The van der Waals surface area contributed by atoms with Crippen LogP contribution in [0, 0.1) is 5.92 Å². The SMILES string of the molecule is CCc1ccccc1NC(=O)COC(=O)[C@H]1CC(=O)N(c2ccc(OC(C)C)cc2)C1. The highest BCUT2D eigenvalue weighted by Gasteiger charge is 2.36. The molecule has 0 saturated carbocycles. The largest absolute Gasteiger partial charge is 0.491 e. The van der Waals surface area contributed by atoms with Crippen molar-refractivity contribution in [1.82, 2.24) is 0 Å². The number of anilines is 2. The first-order chi connectivity index (χ1) is 14.9. The van der Waals surface area contributed by atoms with Crippen LogP contribution < -0.4 is 15.0 Å². The Kier molecular flexibility index (Phi) is 7.28. The molecule has 2 aromatic carbocycles. The molecular formula is C24H28N2O5. The lowest BCUT2D eigenvalue weighted by Gasteiger charge is -2.17. The number of nitrogens with zero attached hydrogens (tertiary/aromatic N) is 1. The van der Waals surface area contributed by atoms with Gasteiger partial charge in [0.05, 0.1) is 12.0 Å². The number of amides is 2. The van der Waals surface area contributed by atoms with Gasteiger partial charge in [0.25, 0.3) is 5.91 Å². The van der Waals surface area contributed by atoms with E-state index in [1.165, 1.54) is 0 Å². The van der Waals surface area contributed by atoms with Crippen LogP contribution in [0.25, 0.3) is 0 Å². The molecule has 0 radical (unpaired) electrons. The highest BCUT2D eigenvalue weighted by Crippen LogP contribution is 2.27. The molecule has 0 aliphatic carbocycles. The first kappa shape index (κ1) is 22.3. The van der Waals surface area contributed by atoms with Gasteiger partial charge in [-0.3, -0.25) is 14.4 Å². The third-order valence-corrected chi connectivity index (χ3v) is 5.00. The van der Waals surface area contributed by atoms with E-state index in [2.05, 4.69) is 5.32 Å². The summed E-state index contributed by atoms with van der Waals surface area (Å²) >= 11 is 0. The Labute approximate surface area is 182 Å². The average molecular weight is 424 g/mol. The van der Waals surface area contributed by atoms with Crippen molar-refractivity contribution in [2.24, 2.45) is 5.92 Å². The van der Waals surface area contributed by atoms with Crippen LogP contribution in [0.1, 0.15) is 32.8 Å². The van der Waals surface area contributed by atoms with Crippen molar-refractivity contribution in [3.8, 4) is 5.75 Å². The lowest BCUT2D eigenvalue weighted by atomic mass is 10.1. The maximum atomic E-state index is 12.4. The Morgan fingerprint density at radius 3 is 2.52 bits per heavy atom. The number of aryl methyl sites for hydroxylation is 1. The van der Waals surface area contributed by atoms with Gasteiger partial charge in [-0.1, -0.05) is 25.1 Å². The minimum Gasteiger partial charge on any atom is -0.491 e. The summed E-state index contributed by atoms with van der Waals surface area (Å²) in [6.07, 6.45) is 0.899. The second-order valence-corrected chi connectivity index (χ2v) is 7.73. The number of ether oxygens (including phenoxy) is 2. The molecule has 0 spiro atoms. The van der Waals surface area contributed by atoms with E-state index >= 15 is 0 Å². The van der Waals surface area contributed by atoms with E-state index in [9.17, 15) is 14.4 Å². The molecule has 1 saturated heterocycles. The zero-order chi connectivity index (χ0) is 22.4. The molecule has 1 fully saturated rings. The van der Waals surface area contributed by atoms with Crippen molar-refractivity contribution in [2.75, 3.05) is 23.4 Å². The molecule has 0 unspecified atom stereocenters. The highest BCUT2D eigenvalue weighted by molar-refractivity contribution is 6.00. The number of esters is 1. The van der Waals surface area contributed by atoms with Crippen LogP contribution in [-0.4, -0.2) is 37.0 Å². The van der Waals surface area contributed by atoms with Crippen molar-refractivity contribution in [1.29, 1.82) is 0 Å². The van der Waals surface area contributed by atoms with Gasteiger partial charge >= 0.3 is 5.97 Å². The number of nitrogens with one attached hydrogen (secondary N) is 1. The molecule has 7 heteroatoms. The van der Waals surface area contributed by atoms with Crippen LogP contribution in [0.15, 0.2) is 48.5 Å². The van der Waals surface area contributed by atoms with Crippen molar-refractivity contribution in [3.05, 3.63) is 54.1 Å². The fourth-order valence-corrected chi connectivity index (χ4v) is 3.48. The predicted octanol–water partition coefficient (Wildman–Crippen LogP) is 3.57. The zero-order valence-electron chi connectivity index (χ0n) is 18.1. The smallest absolute Gasteiger partial charge is 0.311 e. The zero-order valence-corrected chi connectivity index (χ0v) is 18.1. The van der Waals surface area contributed by atoms with Gasteiger partial charge in [0.1, 0.15) is 5.75 Å². The van der Waals surface area contributed by atoms with Crippen molar-refractivity contribution in [2.45, 2.75) is 39.7 Å². The van der Waals surface area contributed by atoms with Gasteiger partial charge in [0, 0.05) is 24.3 Å². The van der Waals surface area contributed by atoms with Crippen LogP contribution in [0.5, 0.6) is 5.75 Å². The molecule has 0 aromatic heterocycles. The summed E-state index contributed by atoms with van der Waals surface area (Å²) in [5, 5.41) is 2.76. The van der Waals surface area contributed by atoms with Gasteiger partial charge in [0.2, 0.25) is 5.91 Å². The number of hydrogen-bond donors (Lipinski definition) is 1. The van der Waals surface area contributed by atoms with Gasteiger partial charge < -0.3 is 19.7 Å². The standard InChI is InChI=1S/C24H28N2O5/c1-4-17-7-5-6-8-21(17)25-22(27)15-30-24(29)18-13-23(28)26(14-18)19-9-11-20(12-10-19)31-16(2)3/h5-12,16,18H,4,13-15H2,1-3H3,(H,25,27)/t18-/m0/s1. The summed E-state index contributed by atoms with van der Waals surface area (Å²) < 4.78 is 10.8. The van der Waals surface area contributed by atoms with Gasteiger partial charge in [-0.25, -0.2) is 0 Å². The number of hydrogen-bond acceptors (Lipinski definition) is 5. The fraction of sp³-hybridized carbons (Fsp3) is 0.375. The lowest BCUT2D eigenvalue weighted by molar-refractivity contribution is -0.151. The molecule has 31 heavy (non-hydrogen) atoms. The number of benzene rings is 2. The maximum absolute atomic E-state index is 12.4. The molecular weight excluding hydrogens is 396 g/mol. The van der Waals surface area contributed by atoms with Crippen LogP contribution in [0.4, 0.5) is 11.4 Å². The molecule has 1 atom stereocenters. The average Bonchev–Trinajstić information content (AvgIpc) is 3.14. The fourth-order valence-electron chi connectivity index (χ4n) is 3.48. The van der Waals surface area contributed by atoms with E-state index < -0.39 is 17.8 Å². The van der Waals surface area contributed by atoms with E-state index in [0.717, 1.165) is 17.7 Å². The Morgan fingerprint density at radius 2 is 1.84 bits per heavy atom. The van der Waals surface area contributed by atoms with Crippen molar-refractivity contribution < 1.29 is 23.9 Å². The summed E-state index contributed by atoms with van der Waals surface area (Å²) in [4.78, 5) is 38.6. The summed E-state index contributed by atoms with van der Waals surface area (Å²) in [6, 6.07) is 14.7. The third kappa shape index (κ3) is 5.84. The molecule has 2 amide bonds. The second kappa shape index (κ2) is 10.1. The summed E-state index contributed by atoms with van der Waals surface area (Å²) in [6.45, 7) is 5.72. The van der Waals surface area contributed by atoms with Crippen LogP contribution in [0.3, 0.4) is 0 Å². The third-order valence-electron chi connectivity index (χ3n) is 5.00. The molecule has 2 aromatic rings. The summed E-state index contributed by atoms with van der Waals surface area (Å²) in [5.74, 6) is -0.988. The van der Waals surface area contributed by atoms with E-state index in [1.807, 2.05) is 45.0 Å². The van der Waals surface area contributed by atoms with Gasteiger partial charge in [-0.05, 0) is 56.2 Å². The van der Waals surface area contributed by atoms with E-state index in [-0.39, 0.29) is 31.6 Å². The summed E-state index contributed by atoms with van der Waals surface area (Å²) in [7, 11) is 0. The van der Waals surface area contributed by atoms with E-state index in [0.29, 0.717) is 11.4 Å².